The van der Waals surface area contributed by atoms with Gasteiger partial charge in [0.1, 0.15) is 0 Å². The van der Waals surface area contributed by atoms with Gasteiger partial charge in [-0.2, -0.15) is 0 Å². The van der Waals surface area contributed by atoms with Gasteiger partial charge in [0.15, 0.2) is 0 Å². The average Bonchev–Trinajstić information content (AvgIpc) is 3.12. The Morgan fingerprint density at radius 3 is 2.48 bits per heavy atom. The number of aliphatic hydroxyl groups is 2. The van der Waals surface area contributed by atoms with Crippen LogP contribution in [0.2, 0.25) is 0 Å². The normalized spacial score (nSPS) is 18.5. The van der Waals surface area contributed by atoms with Crippen molar-refractivity contribution in [1.29, 1.82) is 0 Å². The molecular formula is C18H26N2O3. The van der Waals surface area contributed by atoms with Gasteiger partial charge in [-0.05, 0) is 36.6 Å². The minimum absolute atomic E-state index is 0.0939. The van der Waals surface area contributed by atoms with Gasteiger partial charge in [-0.25, -0.2) is 0 Å². The minimum Gasteiger partial charge on any atom is -0.395 e. The number of carbonyl (C=O) groups is 1. The molecule has 2 N–H and O–H groups in total. The number of anilines is 1. The van der Waals surface area contributed by atoms with Crippen molar-refractivity contribution in [1.82, 2.24) is 4.90 Å². The summed E-state index contributed by atoms with van der Waals surface area (Å²) in [6.07, 6.45) is 4.90. The van der Waals surface area contributed by atoms with Gasteiger partial charge < -0.3 is 20.0 Å². The van der Waals surface area contributed by atoms with Gasteiger partial charge in [-0.15, -0.1) is 0 Å². The Labute approximate surface area is 137 Å². The number of aliphatic hydroxyl groups excluding tert-OH is 2. The SMILES string of the molecule is CN1CC2(CCCC2)c2cc(C(=O)N(CCO)CCO)ccc21. The number of rotatable bonds is 5. The molecule has 1 amide bonds. The van der Waals surface area contributed by atoms with Crippen LogP contribution in [0.15, 0.2) is 18.2 Å². The van der Waals surface area contributed by atoms with Crippen LogP contribution in [-0.2, 0) is 5.41 Å². The number of benzene rings is 1. The third-order valence-corrected chi connectivity index (χ3v) is 5.35. The van der Waals surface area contributed by atoms with Crippen LogP contribution in [0.1, 0.15) is 41.6 Å². The van der Waals surface area contributed by atoms with Crippen LogP contribution in [0.4, 0.5) is 5.69 Å². The van der Waals surface area contributed by atoms with E-state index in [9.17, 15) is 4.79 Å². The fraction of sp³-hybridized carbons (Fsp3) is 0.611. The van der Waals surface area contributed by atoms with Crippen LogP contribution in [0.3, 0.4) is 0 Å². The lowest BCUT2D eigenvalue weighted by Crippen LogP contribution is -2.36. The molecule has 0 unspecified atom stereocenters. The molecule has 0 radical (unpaired) electrons. The molecule has 5 nitrogen and oxygen atoms in total. The Hall–Kier alpha value is -1.59. The van der Waals surface area contributed by atoms with Gasteiger partial charge in [0.2, 0.25) is 0 Å². The predicted molar refractivity (Wildman–Crippen MR) is 89.9 cm³/mol. The van der Waals surface area contributed by atoms with Crippen LogP contribution in [0, 0.1) is 0 Å². The lowest BCUT2D eigenvalue weighted by Gasteiger charge is -2.25. The maximum absolute atomic E-state index is 12.7. The number of amides is 1. The van der Waals surface area contributed by atoms with Crippen LogP contribution >= 0.6 is 0 Å². The van der Waals surface area contributed by atoms with Crippen molar-refractivity contribution in [2.75, 3.05) is 44.8 Å². The first-order chi connectivity index (χ1) is 11.1. The summed E-state index contributed by atoms with van der Waals surface area (Å²) in [6.45, 7) is 1.35. The van der Waals surface area contributed by atoms with Crippen molar-refractivity contribution >= 4 is 11.6 Å². The third-order valence-electron chi connectivity index (χ3n) is 5.35. The highest BCUT2D eigenvalue weighted by Crippen LogP contribution is 2.50. The smallest absolute Gasteiger partial charge is 0.254 e. The molecule has 1 fully saturated rings. The van der Waals surface area contributed by atoms with Crippen molar-refractivity contribution < 1.29 is 15.0 Å². The third kappa shape index (κ3) is 2.83. The summed E-state index contributed by atoms with van der Waals surface area (Å²) >= 11 is 0. The average molecular weight is 318 g/mol. The van der Waals surface area contributed by atoms with Crippen molar-refractivity contribution in [3.63, 3.8) is 0 Å². The number of hydrogen-bond acceptors (Lipinski definition) is 4. The van der Waals surface area contributed by atoms with E-state index in [1.165, 1.54) is 41.8 Å². The van der Waals surface area contributed by atoms with E-state index in [0.29, 0.717) is 5.56 Å². The summed E-state index contributed by atoms with van der Waals surface area (Å²) in [6, 6.07) is 5.97. The second-order valence-corrected chi connectivity index (χ2v) is 6.81. The number of hydrogen-bond donors (Lipinski definition) is 2. The summed E-state index contributed by atoms with van der Waals surface area (Å²) in [5.41, 5.74) is 3.40. The number of fused-ring (bicyclic) bond motifs is 2. The lowest BCUT2D eigenvalue weighted by molar-refractivity contribution is 0.0684. The van der Waals surface area contributed by atoms with Crippen molar-refractivity contribution in [3.8, 4) is 0 Å². The molecule has 1 aliphatic heterocycles. The van der Waals surface area contributed by atoms with E-state index in [0.717, 1.165) is 6.54 Å². The molecule has 1 spiro atoms. The Bertz CT molecular complexity index is 576. The van der Waals surface area contributed by atoms with Gasteiger partial charge in [0, 0.05) is 43.3 Å². The quantitative estimate of drug-likeness (QED) is 0.861. The highest BCUT2D eigenvalue weighted by molar-refractivity contribution is 5.95. The summed E-state index contributed by atoms with van der Waals surface area (Å²) in [7, 11) is 2.12. The van der Waals surface area contributed by atoms with E-state index in [1.807, 2.05) is 18.2 Å². The first-order valence-electron chi connectivity index (χ1n) is 8.48. The van der Waals surface area contributed by atoms with Gasteiger partial charge >= 0.3 is 0 Å². The molecule has 1 aliphatic carbocycles. The van der Waals surface area contributed by atoms with Gasteiger partial charge in [-0.1, -0.05) is 12.8 Å². The second kappa shape index (κ2) is 6.49. The minimum atomic E-state index is -0.112. The van der Waals surface area contributed by atoms with E-state index in [2.05, 4.69) is 11.9 Å². The second-order valence-electron chi connectivity index (χ2n) is 6.81. The Morgan fingerprint density at radius 1 is 1.22 bits per heavy atom. The molecule has 1 aromatic carbocycles. The zero-order chi connectivity index (χ0) is 16.4. The molecule has 1 heterocycles. The first-order valence-corrected chi connectivity index (χ1v) is 8.48. The van der Waals surface area contributed by atoms with Crippen LogP contribution in [-0.4, -0.2) is 60.9 Å². The molecule has 1 aromatic rings. The Kier molecular flexibility index (Phi) is 4.60. The van der Waals surface area contributed by atoms with E-state index < -0.39 is 0 Å². The van der Waals surface area contributed by atoms with Gasteiger partial charge in [-0.3, -0.25) is 4.79 Å². The summed E-state index contributed by atoms with van der Waals surface area (Å²) in [5.74, 6) is -0.112. The molecule has 0 bridgehead atoms. The van der Waals surface area contributed by atoms with Gasteiger partial charge in [0.05, 0.1) is 13.2 Å². The summed E-state index contributed by atoms with van der Waals surface area (Å²) < 4.78 is 0. The highest BCUT2D eigenvalue weighted by atomic mass is 16.3. The zero-order valence-corrected chi connectivity index (χ0v) is 13.8. The van der Waals surface area contributed by atoms with Gasteiger partial charge in [0.25, 0.3) is 5.91 Å². The molecule has 0 aromatic heterocycles. The van der Waals surface area contributed by atoms with Crippen LogP contribution in [0.5, 0.6) is 0 Å². The standard InChI is InChI=1S/C18H26N2O3/c1-19-13-18(6-2-3-7-18)15-12-14(4-5-16(15)19)17(23)20(8-10-21)9-11-22/h4-5,12,21-22H,2-3,6-11,13H2,1H3. The fourth-order valence-electron chi connectivity index (χ4n) is 4.27. The van der Waals surface area contributed by atoms with Crippen molar-refractivity contribution in [2.45, 2.75) is 31.1 Å². The molecule has 126 valence electrons. The first kappa shape index (κ1) is 16.3. The summed E-state index contributed by atoms with van der Waals surface area (Å²) in [5, 5.41) is 18.3. The topological polar surface area (TPSA) is 64.0 Å². The maximum Gasteiger partial charge on any atom is 0.254 e. The molecule has 3 rings (SSSR count). The molecule has 2 aliphatic rings. The zero-order valence-electron chi connectivity index (χ0n) is 13.8. The van der Waals surface area contributed by atoms with Crippen molar-refractivity contribution in [3.05, 3.63) is 29.3 Å². The molecule has 5 heteroatoms. The molecule has 0 saturated heterocycles. The monoisotopic (exact) mass is 318 g/mol. The van der Waals surface area contributed by atoms with Crippen LogP contribution < -0.4 is 4.90 Å². The molecular weight excluding hydrogens is 292 g/mol. The fourth-order valence-corrected chi connectivity index (χ4v) is 4.27. The molecule has 23 heavy (non-hydrogen) atoms. The largest absolute Gasteiger partial charge is 0.395 e. The number of nitrogens with zero attached hydrogens (tertiary/aromatic N) is 2. The van der Waals surface area contributed by atoms with E-state index in [4.69, 9.17) is 10.2 Å². The number of carbonyl (C=O) groups excluding carboxylic acids is 1. The lowest BCUT2D eigenvalue weighted by atomic mass is 9.80. The Balaban J connectivity index is 1.92. The van der Waals surface area contributed by atoms with Crippen molar-refractivity contribution in [2.24, 2.45) is 0 Å². The van der Waals surface area contributed by atoms with Crippen LogP contribution in [0.25, 0.3) is 0 Å². The maximum atomic E-state index is 12.7. The van der Waals surface area contributed by atoms with E-state index >= 15 is 0 Å². The number of likely N-dealkylation sites (N-methyl/N-ethyl adjacent to an activating group) is 1. The Morgan fingerprint density at radius 2 is 1.87 bits per heavy atom. The van der Waals surface area contributed by atoms with E-state index in [-0.39, 0.29) is 37.6 Å². The highest BCUT2D eigenvalue weighted by Gasteiger charge is 2.43. The van der Waals surface area contributed by atoms with E-state index in [1.54, 1.807) is 0 Å². The summed E-state index contributed by atoms with van der Waals surface area (Å²) in [4.78, 5) is 16.5. The molecule has 1 saturated carbocycles. The molecule has 0 atom stereocenters. The predicted octanol–water partition coefficient (Wildman–Crippen LogP) is 1.37.